The lowest BCUT2D eigenvalue weighted by Gasteiger charge is -2.14. The van der Waals surface area contributed by atoms with Crippen molar-refractivity contribution in [3.05, 3.63) is 35.4 Å². The highest BCUT2D eigenvalue weighted by molar-refractivity contribution is 8.00. The molecule has 98 valence electrons. The predicted molar refractivity (Wildman–Crippen MR) is 73.7 cm³/mol. The van der Waals surface area contributed by atoms with E-state index in [1.54, 1.807) is 6.92 Å². The van der Waals surface area contributed by atoms with Crippen molar-refractivity contribution in [1.82, 2.24) is 0 Å². The van der Waals surface area contributed by atoms with E-state index < -0.39 is 0 Å². The molecular weight excluding hydrogens is 248 g/mol. The van der Waals surface area contributed by atoms with Crippen LogP contribution >= 0.6 is 11.8 Å². The van der Waals surface area contributed by atoms with Crippen LogP contribution in [0.25, 0.3) is 0 Å². The van der Waals surface area contributed by atoms with Gasteiger partial charge in [0.2, 0.25) is 0 Å². The zero-order valence-corrected chi connectivity index (χ0v) is 11.8. The molecular formula is C14H18O3S. The van der Waals surface area contributed by atoms with Gasteiger partial charge in [-0.25, -0.2) is 0 Å². The van der Waals surface area contributed by atoms with Crippen LogP contribution in [0.15, 0.2) is 24.3 Å². The van der Waals surface area contributed by atoms with E-state index in [0.29, 0.717) is 12.2 Å². The minimum absolute atomic E-state index is 0.134. The van der Waals surface area contributed by atoms with E-state index in [9.17, 15) is 9.59 Å². The van der Waals surface area contributed by atoms with Crippen LogP contribution in [0.5, 0.6) is 0 Å². The Morgan fingerprint density at radius 3 is 2.39 bits per heavy atom. The fourth-order valence-corrected chi connectivity index (χ4v) is 2.69. The molecule has 0 heterocycles. The standard InChI is InChI=1S/C14H18O3S/c1-10-4-6-12(7-5-10)13(14(16)17-3)18-9-8-11(2)15/h4-7,13H,8-9H2,1-3H3. The number of carbonyl (C=O) groups excluding carboxylic acids is 2. The topological polar surface area (TPSA) is 43.4 Å². The molecule has 0 aliphatic heterocycles. The molecule has 0 aromatic heterocycles. The molecule has 1 aromatic carbocycles. The zero-order chi connectivity index (χ0) is 13.5. The number of ether oxygens (including phenoxy) is 1. The third kappa shape index (κ3) is 4.53. The van der Waals surface area contributed by atoms with Crippen LogP contribution in [0.4, 0.5) is 0 Å². The Morgan fingerprint density at radius 2 is 1.89 bits per heavy atom. The second-order valence-electron chi connectivity index (χ2n) is 4.14. The smallest absolute Gasteiger partial charge is 0.323 e. The monoisotopic (exact) mass is 266 g/mol. The van der Waals surface area contributed by atoms with Crippen molar-refractivity contribution < 1.29 is 14.3 Å². The molecule has 0 saturated carbocycles. The number of aryl methyl sites for hydroxylation is 1. The summed E-state index contributed by atoms with van der Waals surface area (Å²) in [5.74, 6) is 0.491. The molecule has 1 unspecified atom stereocenters. The molecule has 0 bridgehead atoms. The number of ketones is 1. The van der Waals surface area contributed by atoms with Gasteiger partial charge >= 0.3 is 5.97 Å². The zero-order valence-electron chi connectivity index (χ0n) is 10.9. The van der Waals surface area contributed by atoms with Crippen LogP contribution in [0.2, 0.25) is 0 Å². The van der Waals surface area contributed by atoms with E-state index in [4.69, 9.17) is 4.74 Å². The predicted octanol–water partition coefficient (Wildman–Crippen LogP) is 2.92. The Kier molecular flexibility index (Phi) is 5.92. The van der Waals surface area contributed by atoms with E-state index in [1.807, 2.05) is 31.2 Å². The quantitative estimate of drug-likeness (QED) is 0.743. The summed E-state index contributed by atoms with van der Waals surface area (Å²) in [6, 6.07) is 7.79. The lowest BCUT2D eigenvalue weighted by molar-refractivity contribution is -0.140. The van der Waals surface area contributed by atoms with E-state index >= 15 is 0 Å². The minimum Gasteiger partial charge on any atom is -0.468 e. The largest absolute Gasteiger partial charge is 0.468 e. The number of hydrogen-bond donors (Lipinski definition) is 0. The lowest BCUT2D eigenvalue weighted by atomic mass is 10.1. The average Bonchev–Trinajstić information content (AvgIpc) is 2.35. The number of esters is 1. The fraction of sp³-hybridized carbons (Fsp3) is 0.429. The Morgan fingerprint density at radius 1 is 1.28 bits per heavy atom. The summed E-state index contributed by atoms with van der Waals surface area (Å²) >= 11 is 1.45. The molecule has 0 saturated heterocycles. The van der Waals surface area contributed by atoms with Gasteiger partial charge in [-0.05, 0) is 19.4 Å². The molecule has 0 aliphatic carbocycles. The Labute approximate surface area is 112 Å². The second kappa shape index (κ2) is 7.21. The number of carbonyl (C=O) groups is 2. The SMILES string of the molecule is COC(=O)C(SCCC(C)=O)c1ccc(C)cc1. The summed E-state index contributed by atoms with van der Waals surface area (Å²) in [5.41, 5.74) is 2.07. The number of methoxy groups -OCH3 is 1. The van der Waals surface area contributed by atoms with Crippen LogP contribution in [0.3, 0.4) is 0 Å². The van der Waals surface area contributed by atoms with E-state index in [1.165, 1.54) is 18.9 Å². The van der Waals surface area contributed by atoms with Gasteiger partial charge in [0.1, 0.15) is 11.0 Å². The van der Waals surface area contributed by atoms with Gasteiger partial charge in [-0.15, -0.1) is 11.8 Å². The number of rotatable bonds is 6. The Balaban J connectivity index is 2.75. The van der Waals surface area contributed by atoms with Crippen molar-refractivity contribution in [2.45, 2.75) is 25.5 Å². The highest BCUT2D eigenvalue weighted by Gasteiger charge is 2.21. The van der Waals surface area contributed by atoms with Crippen LogP contribution < -0.4 is 0 Å². The third-order valence-corrected chi connectivity index (χ3v) is 3.77. The van der Waals surface area contributed by atoms with Gasteiger partial charge in [0.05, 0.1) is 7.11 Å². The Bertz CT molecular complexity index is 412. The van der Waals surface area contributed by atoms with Crippen molar-refractivity contribution in [2.24, 2.45) is 0 Å². The minimum atomic E-state index is -0.352. The first-order valence-corrected chi connectivity index (χ1v) is 6.85. The van der Waals surface area contributed by atoms with Crippen LogP contribution in [0.1, 0.15) is 29.7 Å². The molecule has 18 heavy (non-hydrogen) atoms. The first-order valence-electron chi connectivity index (χ1n) is 5.80. The molecule has 0 aliphatic rings. The molecule has 4 heteroatoms. The van der Waals surface area contributed by atoms with E-state index in [0.717, 1.165) is 11.1 Å². The number of thioether (sulfide) groups is 1. The van der Waals surface area contributed by atoms with Crippen LogP contribution in [-0.4, -0.2) is 24.6 Å². The molecule has 1 atom stereocenters. The summed E-state index contributed by atoms with van der Waals surface area (Å²) in [4.78, 5) is 22.7. The molecule has 0 fully saturated rings. The molecule has 0 N–H and O–H groups in total. The van der Waals surface area contributed by atoms with Gasteiger partial charge in [0, 0.05) is 12.2 Å². The number of benzene rings is 1. The van der Waals surface area contributed by atoms with Crippen molar-refractivity contribution in [3.8, 4) is 0 Å². The van der Waals surface area contributed by atoms with Crippen molar-refractivity contribution in [2.75, 3.05) is 12.9 Å². The maximum absolute atomic E-state index is 11.7. The summed E-state index contributed by atoms with van der Waals surface area (Å²) in [6.07, 6.45) is 0.476. The van der Waals surface area contributed by atoms with Gasteiger partial charge in [-0.2, -0.15) is 0 Å². The van der Waals surface area contributed by atoms with Crippen molar-refractivity contribution in [3.63, 3.8) is 0 Å². The number of Topliss-reactive ketones (excluding diaryl/α,β-unsaturated/α-hetero) is 1. The molecule has 1 rings (SSSR count). The molecule has 3 nitrogen and oxygen atoms in total. The third-order valence-electron chi connectivity index (χ3n) is 2.53. The van der Waals surface area contributed by atoms with Gasteiger partial charge in [0.15, 0.2) is 0 Å². The van der Waals surface area contributed by atoms with Gasteiger partial charge < -0.3 is 4.74 Å². The van der Waals surface area contributed by atoms with Crippen LogP contribution in [0, 0.1) is 6.92 Å². The highest BCUT2D eigenvalue weighted by Crippen LogP contribution is 2.30. The molecule has 0 amide bonds. The molecule has 1 aromatic rings. The normalized spacial score (nSPS) is 11.9. The first kappa shape index (κ1) is 14.8. The maximum atomic E-state index is 11.7. The number of hydrogen-bond acceptors (Lipinski definition) is 4. The van der Waals surface area contributed by atoms with E-state index in [-0.39, 0.29) is 17.0 Å². The van der Waals surface area contributed by atoms with Gasteiger partial charge in [0.25, 0.3) is 0 Å². The lowest BCUT2D eigenvalue weighted by Crippen LogP contribution is -2.12. The summed E-state index contributed by atoms with van der Waals surface area (Å²) < 4.78 is 4.81. The van der Waals surface area contributed by atoms with E-state index in [2.05, 4.69) is 0 Å². The van der Waals surface area contributed by atoms with Gasteiger partial charge in [-0.3, -0.25) is 9.59 Å². The second-order valence-corrected chi connectivity index (χ2v) is 5.35. The van der Waals surface area contributed by atoms with Crippen LogP contribution in [-0.2, 0) is 14.3 Å². The highest BCUT2D eigenvalue weighted by atomic mass is 32.2. The van der Waals surface area contributed by atoms with Crippen molar-refractivity contribution in [1.29, 1.82) is 0 Å². The maximum Gasteiger partial charge on any atom is 0.323 e. The fourth-order valence-electron chi connectivity index (χ4n) is 1.47. The molecule has 0 radical (unpaired) electrons. The summed E-state index contributed by atoms with van der Waals surface area (Å²) in [7, 11) is 1.38. The summed E-state index contributed by atoms with van der Waals surface area (Å²) in [5, 5.41) is -0.352. The molecule has 0 spiro atoms. The summed E-state index contributed by atoms with van der Waals surface area (Å²) in [6.45, 7) is 3.55. The average molecular weight is 266 g/mol. The van der Waals surface area contributed by atoms with Gasteiger partial charge in [-0.1, -0.05) is 29.8 Å². The Hall–Kier alpha value is -1.29. The first-order chi connectivity index (χ1) is 8.54. The van der Waals surface area contributed by atoms with Crippen molar-refractivity contribution >= 4 is 23.5 Å².